The molecule has 0 aromatic heterocycles. The molecule has 1 heterocycles. The Morgan fingerprint density at radius 1 is 0.774 bits per heavy atom. The summed E-state index contributed by atoms with van der Waals surface area (Å²) in [5.74, 6) is -18.3. The maximum atomic E-state index is 14.0. The highest BCUT2D eigenvalue weighted by Gasteiger charge is 2.78. The number of urea groups is 1. The van der Waals surface area contributed by atoms with Gasteiger partial charge in [0.2, 0.25) is 0 Å². The lowest BCUT2D eigenvalue weighted by Gasteiger charge is -2.30. The van der Waals surface area contributed by atoms with Crippen LogP contribution in [-0.2, 0) is 15.1 Å². The SMILES string of the molecule is O=C1NC(c2ccccc2)(c2ccccc2)C(=O)N1C(=O)C(F)(F)C(F)(F)C(F)(F)F. The van der Waals surface area contributed by atoms with Crippen molar-refractivity contribution >= 4 is 17.8 Å². The largest absolute Gasteiger partial charge is 0.460 e. The van der Waals surface area contributed by atoms with Gasteiger partial charge in [-0.1, -0.05) is 60.7 Å². The smallest absolute Gasteiger partial charge is 0.315 e. The van der Waals surface area contributed by atoms with Gasteiger partial charge in [0.25, 0.3) is 5.91 Å². The van der Waals surface area contributed by atoms with Crippen molar-refractivity contribution < 1.29 is 45.1 Å². The van der Waals surface area contributed by atoms with E-state index in [2.05, 4.69) is 0 Å². The fraction of sp³-hybridized carbons (Fsp3) is 0.211. The van der Waals surface area contributed by atoms with Crippen molar-refractivity contribution in [1.29, 1.82) is 0 Å². The van der Waals surface area contributed by atoms with Crippen molar-refractivity contribution in [3.63, 3.8) is 0 Å². The Balaban J connectivity index is 2.15. The topological polar surface area (TPSA) is 66.5 Å². The van der Waals surface area contributed by atoms with Crippen LogP contribution in [0.25, 0.3) is 0 Å². The molecule has 0 atom stereocenters. The molecule has 1 fully saturated rings. The molecule has 1 N–H and O–H groups in total. The predicted molar refractivity (Wildman–Crippen MR) is 90.0 cm³/mol. The molecule has 0 spiro atoms. The molecule has 1 saturated heterocycles. The van der Waals surface area contributed by atoms with E-state index in [1.807, 2.05) is 5.32 Å². The number of imide groups is 3. The van der Waals surface area contributed by atoms with Crippen LogP contribution in [0.3, 0.4) is 0 Å². The minimum atomic E-state index is -6.83. The lowest BCUT2D eigenvalue weighted by atomic mass is 9.82. The highest BCUT2D eigenvalue weighted by atomic mass is 19.4. The zero-order valence-electron chi connectivity index (χ0n) is 15.1. The fourth-order valence-electron chi connectivity index (χ4n) is 3.10. The van der Waals surface area contributed by atoms with Crippen molar-refractivity contribution in [2.75, 3.05) is 0 Å². The van der Waals surface area contributed by atoms with E-state index in [-0.39, 0.29) is 11.1 Å². The monoisotopic (exact) mass is 448 g/mol. The zero-order valence-corrected chi connectivity index (χ0v) is 15.1. The third kappa shape index (κ3) is 3.13. The van der Waals surface area contributed by atoms with Gasteiger partial charge < -0.3 is 5.32 Å². The Kier molecular flexibility index (Phi) is 5.07. The van der Waals surface area contributed by atoms with E-state index in [1.54, 1.807) is 0 Å². The first-order valence-electron chi connectivity index (χ1n) is 8.43. The Morgan fingerprint density at radius 3 is 1.58 bits per heavy atom. The second-order valence-corrected chi connectivity index (χ2v) is 6.50. The quantitative estimate of drug-likeness (QED) is 0.571. The number of benzene rings is 2. The van der Waals surface area contributed by atoms with E-state index in [0.29, 0.717) is 0 Å². The van der Waals surface area contributed by atoms with Crippen LogP contribution in [0.4, 0.5) is 35.5 Å². The van der Waals surface area contributed by atoms with Gasteiger partial charge in [-0.05, 0) is 11.1 Å². The molecular weight excluding hydrogens is 437 g/mol. The number of nitrogens with one attached hydrogen (secondary N) is 1. The average Bonchev–Trinajstić information content (AvgIpc) is 2.98. The van der Waals surface area contributed by atoms with E-state index in [0.717, 1.165) is 0 Å². The molecule has 5 nitrogen and oxygen atoms in total. The molecule has 2 aromatic carbocycles. The normalized spacial score (nSPS) is 16.9. The van der Waals surface area contributed by atoms with Crippen LogP contribution in [0.15, 0.2) is 60.7 Å². The maximum absolute atomic E-state index is 14.0. The lowest BCUT2D eigenvalue weighted by molar-refractivity contribution is -0.345. The van der Waals surface area contributed by atoms with E-state index in [1.165, 1.54) is 60.7 Å². The number of amides is 4. The molecule has 164 valence electrons. The summed E-state index contributed by atoms with van der Waals surface area (Å²) in [7, 11) is 0. The molecule has 1 aliphatic heterocycles. The third-order valence-electron chi connectivity index (χ3n) is 4.66. The average molecular weight is 448 g/mol. The van der Waals surface area contributed by atoms with Gasteiger partial charge in [0.05, 0.1) is 0 Å². The van der Waals surface area contributed by atoms with E-state index in [9.17, 15) is 45.1 Å². The van der Waals surface area contributed by atoms with E-state index >= 15 is 0 Å². The van der Waals surface area contributed by atoms with Crippen LogP contribution in [-0.4, -0.2) is 40.8 Å². The molecule has 0 saturated carbocycles. The number of carbonyl (C=O) groups excluding carboxylic acids is 3. The van der Waals surface area contributed by atoms with Gasteiger partial charge in [-0.25, -0.2) is 4.79 Å². The van der Waals surface area contributed by atoms with Crippen molar-refractivity contribution in [3.8, 4) is 0 Å². The molecule has 2 aromatic rings. The Labute approximate surface area is 169 Å². The molecule has 1 aliphatic rings. The molecule has 3 rings (SSSR count). The highest BCUT2D eigenvalue weighted by Crippen LogP contribution is 2.48. The van der Waals surface area contributed by atoms with Crippen molar-refractivity contribution in [2.24, 2.45) is 0 Å². The predicted octanol–water partition coefficient (Wildman–Crippen LogP) is 3.84. The fourth-order valence-corrected chi connectivity index (χ4v) is 3.10. The first kappa shape index (κ1) is 22.2. The number of hydrogen-bond acceptors (Lipinski definition) is 3. The summed E-state index contributed by atoms with van der Waals surface area (Å²) in [4.78, 5) is 36.5. The second-order valence-electron chi connectivity index (χ2n) is 6.50. The second kappa shape index (κ2) is 7.06. The molecule has 0 aliphatic carbocycles. The minimum absolute atomic E-state index is 0.0410. The van der Waals surface area contributed by atoms with Crippen LogP contribution in [0.1, 0.15) is 11.1 Å². The van der Waals surface area contributed by atoms with E-state index < -0.39 is 46.3 Å². The van der Waals surface area contributed by atoms with Crippen molar-refractivity contribution in [2.45, 2.75) is 23.6 Å². The molecule has 12 heteroatoms. The summed E-state index contributed by atoms with van der Waals surface area (Å²) in [6.07, 6.45) is -6.82. The van der Waals surface area contributed by atoms with E-state index in [4.69, 9.17) is 0 Å². The molecule has 0 radical (unpaired) electrons. The summed E-state index contributed by atoms with van der Waals surface area (Å²) in [5, 5.41) is 2.00. The van der Waals surface area contributed by atoms with Gasteiger partial charge >= 0.3 is 30.0 Å². The van der Waals surface area contributed by atoms with Gasteiger partial charge in [-0.15, -0.1) is 0 Å². The number of rotatable bonds is 4. The highest BCUT2D eigenvalue weighted by molar-refractivity contribution is 6.21. The number of alkyl halides is 7. The maximum Gasteiger partial charge on any atom is 0.460 e. The zero-order chi connectivity index (χ0) is 23.2. The summed E-state index contributed by atoms with van der Waals surface area (Å²) >= 11 is 0. The van der Waals surface area contributed by atoms with Gasteiger partial charge in [-0.2, -0.15) is 35.6 Å². The van der Waals surface area contributed by atoms with Crippen LogP contribution >= 0.6 is 0 Å². The molecule has 4 amide bonds. The Bertz CT molecular complexity index is 984. The molecule has 0 unspecified atom stereocenters. The van der Waals surface area contributed by atoms with Crippen molar-refractivity contribution in [1.82, 2.24) is 10.2 Å². The standard InChI is InChI=1S/C19H11F7N2O3/c20-17(21,18(22,23)19(24,25)26)14(30)28-13(29)16(27-15(28)31,11-7-3-1-4-8-11)12-9-5-2-6-10-12/h1-10H,(H,27,31). The summed E-state index contributed by atoms with van der Waals surface area (Å²) in [6.45, 7) is 0. The molecule has 0 bridgehead atoms. The number of halogens is 7. The summed E-state index contributed by atoms with van der Waals surface area (Å²) < 4.78 is 92.0. The van der Waals surface area contributed by atoms with Crippen LogP contribution in [0.2, 0.25) is 0 Å². The lowest BCUT2D eigenvalue weighted by Crippen LogP contribution is -2.61. The van der Waals surface area contributed by atoms with Gasteiger partial charge in [0, 0.05) is 0 Å². The summed E-state index contributed by atoms with van der Waals surface area (Å²) in [6, 6.07) is 11.8. The summed E-state index contributed by atoms with van der Waals surface area (Å²) in [5.41, 5.74) is -2.39. The third-order valence-corrected chi connectivity index (χ3v) is 4.66. The van der Waals surface area contributed by atoms with Gasteiger partial charge in [-0.3, -0.25) is 9.59 Å². The van der Waals surface area contributed by atoms with Crippen LogP contribution < -0.4 is 5.32 Å². The Morgan fingerprint density at radius 2 is 1.19 bits per heavy atom. The van der Waals surface area contributed by atoms with Gasteiger partial charge in [0.1, 0.15) is 0 Å². The number of hydrogen-bond donors (Lipinski definition) is 1. The van der Waals surface area contributed by atoms with Gasteiger partial charge in [0.15, 0.2) is 5.54 Å². The minimum Gasteiger partial charge on any atom is -0.315 e. The van der Waals surface area contributed by atoms with Crippen molar-refractivity contribution in [3.05, 3.63) is 71.8 Å². The number of carbonyl (C=O) groups is 3. The van der Waals surface area contributed by atoms with Crippen LogP contribution in [0.5, 0.6) is 0 Å². The van der Waals surface area contributed by atoms with Crippen LogP contribution in [0, 0.1) is 0 Å². The number of nitrogens with zero attached hydrogens (tertiary/aromatic N) is 1. The molecular formula is C19H11F7N2O3. The Hall–Kier alpha value is -3.44. The first-order chi connectivity index (χ1) is 14.3. The molecule has 31 heavy (non-hydrogen) atoms. The first-order valence-corrected chi connectivity index (χ1v) is 8.43.